The van der Waals surface area contributed by atoms with Gasteiger partial charge in [-0.15, -0.1) is 0 Å². The molecule has 2 atom stereocenters. The van der Waals surface area contributed by atoms with E-state index in [0.717, 1.165) is 0 Å². The Morgan fingerprint density at radius 3 is 2.79 bits per heavy atom. The van der Waals surface area contributed by atoms with Crippen LogP contribution in [-0.2, 0) is 29.9 Å². The van der Waals surface area contributed by atoms with Gasteiger partial charge in [0.2, 0.25) is 0 Å². The summed E-state index contributed by atoms with van der Waals surface area (Å²) in [6.07, 6.45) is 3.76. The van der Waals surface area contributed by atoms with Crippen molar-refractivity contribution in [1.82, 2.24) is 19.5 Å². The third-order valence-corrected chi connectivity index (χ3v) is 5.01. The highest BCUT2D eigenvalue weighted by atomic mass is 31.2. The minimum Gasteiger partial charge on any atom is -0.382 e. The molecule has 0 aliphatic rings. The van der Waals surface area contributed by atoms with E-state index in [2.05, 4.69) is 15.0 Å². The van der Waals surface area contributed by atoms with Crippen molar-refractivity contribution in [2.45, 2.75) is 45.8 Å². The maximum Gasteiger partial charge on any atom is 0.353 e. The molecule has 0 aliphatic heterocycles. The molecule has 11 nitrogen and oxygen atoms in total. The predicted molar refractivity (Wildman–Crippen MR) is 106 cm³/mol. The summed E-state index contributed by atoms with van der Waals surface area (Å²) in [4.78, 5) is 32.9. The quantitative estimate of drug-likeness (QED) is 0.335. The minimum absolute atomic E-state index is 0.0839. The van der Waals surface area contributed by atoms with Crippen LogP contribution in [-0.4, -0.2) is 62.5 Å². The zero-order valence-electron chi connectivity index (χ0n) is 16.7. The monoisotopic (exact) mass is 429 g/mol. The number of carbonyl (C=O) groups excluding carboxylic acids is 1. The van der Waals surface area contributed by atoms with Crippen LogP contribution < -0.4 is 5.73 Å². The molecule has 0 radical (unpaired) electrons. The van der Waals surface area contributed by atoms with Crippen LogP contribution in [0.15, 0.2) is 12.7 Å². The first-order valence-electron chi connectivity index (χ1n) is 9.35. The summed E-state index contributed by atoms with van der Waals surface area (Å²) < 4.78 is 29.6. The fraction of sp³-hybridized carbons (Fsp3) is 0.647. The predicted octanol–water partition coefficient (Wildman–Crippen LogP) is 1.75. The molecular formula is C17H28N5O6P. The summed E-state index contributed by atoms with van der Waals surface area (Å²) in [6, 6.07) is 0. The number of rotatable bonds is 14. The molecule has 162 valence electrons. The molecule has 0 saturated carbocycles. The second kappa shape index (κ2) is 11.3. The topological polar surface area (TPSA) is 152 Å². The average molecular weight is 429 g/mol. The van der Waals surface area contributed by atoms with Crippen LogP contribution in [0.3, 0.4) is 0 Å². The molecule has 3 N–H and O–H groups in total. The molecular weight excluding hydrogens is 401 g/mol. The summed E-state index contributed by atoms with van der Waals surface area (Å²) in [7, 11) is -3.86. The molecule has 12 heteroatoms. The summed E-state index contributed by atoms with van der Waals surface area (Å²) in [6.45, 7) is 4.65. The van der Waals surface area contributed by atoms with E-state index in [1.807, 2.05) is 0 Å². The first-order valence-corrected chi connectivity index (χ1v) is 11.1. The van der Waals surface area contributed by atoms with Gasteiger partial charge >= 0.3 is 7.60 Å². The van der Waals surface area contributed by atoms with Crippen LogP contribution in [0.2, 0.25) is 0 Å². The van der Waals surface area contributed by atoms with Crippen LogP contribution >= 0.6 is 7.60 Å². The second-order valence-electron chi connectivity index (χ2n) is 6.68. The molecule has 0 aromatic carbocycles. The van der Waals surface area contributed by atoms with Crippen molar-refractivity contribution in [2.24, 2.45) is 0 Å². The standard InChI is InChI=1S/C17H28N5O6P/c1-13(23)5-3-6-26-7-4-8-28-29(24,25)12-27-14(2)9-22-11-21-15-16(18)19-10-20-17(15)22/h10-11,14H,3-9,12H2,1-2H3,(H,24,25)(H2,18,19,20)/t14-/m1/s1. The van der Waals surface area contributed by atoms with Crippen LogP contribution in [0, 0.1) is 0 Å². The van der Waals surface area contributed by atoms with E-state index in [1.54, 1.807) is 17.8 Å². The summed E-state index contributed by atoms with van der Waals surface area (Å²) in [5, 5.41) is 0. The highest BCUT2D eigenvalue weighted by molar-refractivity contribution is 7.52. The van der Waals surface area contributed by atoms with E-state index in [9.17, 15) is 14.3 Å². The molecule has 0 aliphatic carbocycles. The van der Waals surface area contributed by atoms with Crippen molar-refractivity contribution in [3.05, 3.63) is 12.7 Å². The van der Waals surface area contributed by atoms with E-state index in [-0.39, 0.29) is 18.5 Å². The number of nitrogens with zero attached hydrogens (tertiary/aromatic N) is 4. The molecule has 0 fully saturated rings. The SMILES string of the molecule is CC(=O)CCCOCCCOP(=O)(O)CO[C@H](C)Cn1cnc2c(N)ncnc21. The largest absolute Gasteiger partial charge is 0.382 e. The Kier molecular flexibility index (Phi) is 9.12. The molecule has 0 bridgehead atoms. The second-order valence-corrected chi connectivity index (χ2v) is 8.47. The lowest BCUT2D eigenvalue weighted by atomic mass is 10.2. The van der Waals surface area contributed by atoms with E-state index in [1.165, 1.54) is 13.3 Å². The van der Waals surface area contributed by atoms with Gasteiger partial charge in [-0.1, -0.05) is 0 Å². The van der Waals surface area contributed by atoms with Crippen molar-refractivity contribution in [1.29, 1.82) is 0 Å². The maximum absolute atomic E-state index is 12.1. The van der Waals surface area contributed by atoms with E-state index >= 15 is 0 Å². The van der Waals surface area contributed by atoms with Gasteiger partial charge in [-0.3, -0.25) is 4.57 Å². The number of fused-ring (bicyclic) bond motifs is 1. The van der Waals surface area contributed by atoms with Gasteiger partial charge in [0.1, 0.15) is 24.0 Å². The van der Waals surface area contributed by atoms with Gasteiger partial charge in [0.15, 0.2) is 11.5 Å². The van der Waals surface area contributed by atoms with E-state index < -0.39 is 13.9 Å². The molecule has 0 amide bonds. The highest BCUT2D eigenvalue weighted by Gasteiger charge is 2.21. The van der Waals surface area contributed by atoms with Crippen molar-refractivity contribution >= 4 is 30.4 Å². The Labute approximate surface area is 169 Å². The molecule has 0 spiro atoms. The molecule has 0 saturated heterocycles. The number of imidazole rings is 1. The van der Waals surface area contributed by atoms with Crippen molar-refractivity contribution in [2.75, 3.05) is 31.9 Å². The molecule has 1 unspecified atom stereocenters. The zero-order valence-corrected chi connectivity index (χ0v) is 17.6. The first kappa shape index (κ1) is 23.4. The Morgan fingerprint density at radius 1 is 1.28 bits per heavy atom. The van der Waals surface area contributed by atoms with Crippen LogP contribution in [0.4, 0.5) is 5.82 Å². The number of hydrogen-bond acceptors (Lipinski definition) is 9. The molecule has 29 heavy (non-hydrogen) atoms. The molecule has 2 aromatic heterocycles. The minimum atomic E-state index is -3.86. The Morgan fingerprint density at radius 2 is 2.03 bits per heavy atom. The number of ketones is 1. The van der Waals surface area contributed by atoms with Gasteiger partial charge in [-0.2, -0.15) is 0 Å². The lowest BCUT2D eigenvalue weighted by Crippen LogP contribution is -2.17. The number of ether oxygens (including phenoxy) is 2. The Balaban J connectivity index is 1.65. The third kappa shape index (κ3) is 8.15. The molecule has 2 rings (SSSR count). The van der Waals surface area contributed by atoms with Gasteiger partial charge in [0, 0.05) is 19.6 Å². The number of carbonyl (C=O) groups is 1. The van der Waals surface area contributed by atoms with Gasteiger partial charge in [0.05, 0.1) is 25.6 Å². The smallest absolute Gasteiger partial charge is 0.353 e. The average Bonchev–Trinajstić information content (AvgIpc) is 3.06. The highest BCUT2D eigenvalue weighted by Crippen LogP contribution is 2.42. The molecule has 2 aromatic rings. The first-order chi connectivity index (χ1) is 13.8. The lowest BCUT2D eigenvalue weighted by Gasteiger charge is -2.17. The summed E-state index contributed by atoms with van der Waals surface area (Å²) in [5.41, 5.74) is 6.82. The van der Waals surface area contributed by atoms with E-state index in [0.29, 0.717) is 56.0 Å². The Hall–Kier alpha value is -1.91. The number of nitrogens with two attached hydrogens (primary N) is 1. The summed E-state index contributed by atoms with van der Waals surface area (Å²) in [5.74, 6) is 0.421. The van der Waals surface area contributed by atoms with Crippen LogP contribution in [0.5, 0.6) is 0 Å². The van der Waals surface area contributed by atoms with E-state index in [4.69, 9.17) is 19.7 Å². The normalized spacial score (nSPS) is 14.7. The van der Waals surface area contributed by atoms with Gasteiger partial charge in [-0.05, 0) is 26.7 Å². The number of hydrogen-bond donors (Lipinski definition) is 2. The van der Waals surface area contributed by atoms with Crippen molar-refractivity contribution in [3.63, 3.8) is 0 Å². The fourth-order valence-electron chi connectivity index (χ4n) is 2.51. The third-order valence-electron chi connectivity index (χ3n) is 3.95. The van der Waals surface area contributed by atoms with Crippen LogP contribution in [0.1, 0.15) is 33.1 Å². The number of Topliss-reactive ketones (excluding diaryl/α,β-unsaturated/α-hetero) is 1. The van der Waals surface area contributed by atoms with Crippen LogP contribution in [0.25, 0.3) is 11.2 Å². The lowest BCUT2D eigenvalue weighted by molar-refractivity contribution is -0.117. The number of anilines is 1. The van der Waals surface area contributed by atoms with Gasteiger partial charge < -0.3 is 34.0 Å². The van der Waals surface area contributed by atoms with Crippen molar-refractivity contribution < 1.29 is 28.3 Å². The maximum atomic E-state index is 12.1. The van der Waals surface area contributed by atoms with Gasteiger partial charge in [0.25, 0.3) is 0 Å². The summed E-state index contributed by atoms with van der Waals surface area (Å²) >= 11 is 0. The Bertz CT molecular complexity index is 845. The van der Waals surface area contributed by atoms with Crippen molar-refractivity contribution in [3.8, 4) is 0 Å². The molecule has 2 heterocycles. The number of nitrogen functional groups attached to an aromatic ring is 1. The fourth-order valence-corrected chi connectivity index (χ4v) is 3.45. The number of aromatic nitrogens is 4. The van der Waals surface area contributed by atoms with Gasteiger partial charge in [-0.25, -0.2) is 15.0 Å². The zero-order chi connectivity index (χ0) is 21.3.